The minimum Gasteiger partial charge on any atom is -0.493 e. The van der Waals surface area contributed by atoms with Gasteiger partial charge in [-0.15, -0.1) is 0 Å². The molecule has 0 saturated carbocycles. The average Bonchev–Trinajstić information content (AvgIpc) is 2.93. The largest absolute Gasteiger partial charge is 0.493 e. The molecule has 7 nitrogen and oxygen atoms in total. The Labute approximate surface area is 214 Å². The number of likely N-dealkylation sites (tertiary alicyclic amines) is 1. The van der Waals surface area contributed by atoms with Crippen LogP contribution < -0.4 is 14.8 Å². The summed E-state index contributed by atoms with van der Waals surface area (Å²) in [6.07, 6.45) is 4.09. The van der Waals surface area contributed by atoms with Crippen LogP contribution >= 0.6 is 0 Å². The standard InChI is InChI=1S/C28H29F2N3O4/c1-36-25-12-4-18(17-31-25)3-11-24(34)32-21-7-5-19(6-8-21)20-13-15-33(16-14-20)28(35)22-9-10-23(29)26(30)27(22)37-2/h4-10,12,17,20H,3,11,13-16H2,1-2H3,(H,32,34). The number of rotatable bonds is 8. The zero-order valence-electron chi connectivity index (χ0n) is 20.8. The molecular weight excluding hydrogens is 480 g/mol. The van der Waals surface area contributed by atoms with E-state index in [1.165, 1.54) is 13.2 Å². The molecule has 194 valence electrons. The highest BCUT2D eigenvalue weighted by atomic mass is 19.2. The molecule has 0 bridgehead atoms. The van der Waals surface area contributed by atoms with Crippen LogP contribution in [0, 0.1) is 11.6 Å². The second kappa shape index (κ2) is 11.8. The summed E-state index contributed by atoms with van der Waals surface area (Å²) in [4.78, 5) is 31.0. The SMILES string of the molecule is COc1ccc(CCC(=O)Nc2ccc(C3CCN(C(=O)c4ccc(F)c(F)c4OC)CC3)cc2)cn1. The maximum Gasteiger partial charge on any atom is 0.257 e. The fraction of sp³-hybridized carbons (Fsp3) is 0.321. The lowest BCUT2D eigenvalue weighted by Gasteiger charge is -2.32. The van der Waals surface area contributed by atoms with Crippen molar-refractivity contribution in [3.8, 4) is 11.6 Å². The second-order valence-electron chi connectivity index (χ2n) is 8.89. The van der Waals surface area contributed by atoms with Gasteiger partial charge in [0.25, 0.3) is 5.91 Å². The van der Waals surface area contributed by atoms with Crippen molar-refractivity contribution >= 4 is 17.5 Å². The Bertz CT molecular complexity index is 1240. The maximum absolute atomic E-state index is 14.0. The summed E-state index contributed by atoms with van der Waals surface area (Å²) in [6, 6.07) is 13.6. The van der Waals surface area contributed by atoms with Gasteiger partial charge in [-0.2, -0.15) is 4.39 Å². The summed E-state index contributed by atoms with van der Waals surface area (Å²) >= 11 is 0. The predicted molar refractivity (Wildman–Crippen MR) is 135 cm³/mol. The molecule has 1 N–H and O–H groups in total. The monoisotopic (exact) mass is 509 g/mol. The van der Waals surface area contributed by atoms with Gasteiger partial charge in [0.15, 0.2) is 11.6 Å². The normalized spacial score (nSPS) is 13.8. The minimum atomic E-state index is -1.16. The van der Waals surface area contributed by atoms with Crippen molar-refractivity contribution in [2.45, 2.75) is 31.6 Å². The molecule has 0 unspecified atom stereocenters. The van der Waals surface area contributed by atoms with Crippen molar-refractivity contribution in [1.82, 2.24) is 9.88 Å². The van der Waals surface area contributed by atoms with Gasteiger partial charge in [0.1, 0.15) is 0 Å². The van der Waals surface area contributed by atoms with E-state index in [0.29, 0.717) is 31.8 Å². The maximum atomic E-state index is 14.0. The third-order valence-corrected chi connectivity index (χ3v) is 6.58. The van der Waals surface area contributed by atoms with Crippen molar-refractivity contribution in [3.05, 3.63) is 83.1 Å². The van der Waals surface area contributed by atoms with Crippen molar-refractivity contribution in [1.29, 1.82) is 0 Å². The van der Waals surface area contributed by atoms with E-state index in [9.17, 15) is 18.4 Å². The summed E-state index contributed by atoms with van der Waals surface area (Å²) in [5.74, 6) is -2.25. The number of anilines is 1. The molecule has 0 atom stereocenters. The van der Waals surface area contributed by atoms with Gasteiger partial charge >= 0.3 is 0 Å². The molecule has 0 aliphatic carbocycles. The van der Waals surface area contributed by atoms with Crippen molar-refractivity contribution in [2.75, 3.05) is 32.6 Å². The first-order valence-electron chi connectivity index (χ1n) is 12.1. The Morgan fingerprint density at radius 1 is 1.00 bits per heavy atom. The van der Waals surface area contributed by atoms with Crippen LogP contribution in [0.3, 0.4) is 0 Å². The van der Waals surface area contributed by atoms with Crippen molar-refractivity contribution in [2.24, 2.45) is 0 Å². The number of piperidine rings is 1. The van der Waals surface area contributed by atoms with Crippen LogP contribution in [0.25, 0.3) is 0 Å². The molecule has 9 heteroatoms. The third-order valence-electron chi connectivity index (χ3n) is 6.58. The van der Waals surface area contributed by atoms with Crippen molar-refractivity contribution in [3.63, 3.8) is 0 Å². The summed E-state index contributed by atoms with van der Waals surface area (Å²) in [5, 5.41) is 2.92. The lowest BCUT2D eigenvalue weighted by atomic mass is 9.89. The van der Waals surface area contributed by atoms with Crippen molar-refractivity contribution < 1.29 is 27.8 Å². The number of pyridine rings is 1. The van der Waals surface area contributed by atoms with Crippen LogP contribution in [-0.2, 0) is 11.2 Å². The molecular formula is C28H29F2N3O4. The first-order valence-corrected chi connectivity index (χ1v) is 12.1. The Kier molecular flexibility index (Phi) is 8.32. The summed E-state index contributed by atoms with van der Waals surface area (Å²) in [5.41, 5.74) is 2.82. The number of carbonyl (C=O) groups is 2. The first-order chi connectivity index (χ1) is 17.9. The number of benzene rings is 2. The molecule has 4 rings (SSSR count). The molecule has 37 heavy (non-hydrogen) atoms. The van der Waals surface area contributed by atoms with Gasteiger partial charge in [-0.1, -0.05) is 18.2 Å². The molecule has 1 aromatic heterocycles. The fourth-order valence-corrected chi connectivity index (χ4v) is 4.49. The second-order valence-corrected chi connectivity index (χ2v) is 8.89. The van der Waals surface area contributed by atoms with Crippen LogP contribution in [-0.4, -0.2) is 49.0 Å². The van der Waals surface area contributed by atoms with Gasteiger partial charge in [0.05, 0.1) is 19.8 Å². The summed E-state index contributed by atoms with van der Waals surface area (Å²) in [7, 11) is 2.77. The number of methoxy groups -OCH3 is 2. The van der Waals surface area contributed by atoms with Gasteiger partial charge in [-0.05, 0) is 60.6 Å². The van der Waals surface area contributed by atoms with Crippen LogP contribution in [0.2, 0.25) is 0 Å². The molecule has 3 aromatic rings. The van der Waals surface area contributed by atoms with E-state index in [4.69, 9.17) is 9.47 Å². The molecule has 2 heterocycles. The van der Waals surface area contributed by atoms with E-state index in [-0.39, 0.29) is 29.0 Å². The van der Waals surface area contributed by atoms with E-state index < -0.39 is 11.6 Å². The van der Waals surface area contributed by atoms with Gasteiger partial charge in [-0.3, -0.25) is 9.59 Å². The fourth-order valence-electron chi connectivity index (χ4n) is 4.49. The number of aromatic nitrogens is 1. The number of hydrogen-bond acceptors (Lipinski definition) is 5. The molecule has 1 aliphatic heterocycles. The van der Waals surface area contributed by atoms with Gasteiger partial charge in [-0.25, -0.2) is 9.37 Å². The van der Waals surface area contributed by atoms with Gasteiger partial charge < -0.3 is 19.7 Å². The predicted octanol–water partition coefficient (Wildman–Crippen LogP) is 4.97. The molecule has 1 aliphatic rings. The Morgan fingerprint density at radius 3 is 2.35 bits per heavy atom. The summed E-state index contributed by atoms with van der Waals surface area (Å²) in [6.45, 7) is 0.981. The van der Waals surface area contributed by atoms with Crippen LogP contribution in [0.1, 0.15) is 46.7 Å². The summed E-state index contributed by atoms with van der Waals surface area (Å²) < 4.78 is 37.5. The van der Waals surface area contributed by atoms with E-state index in [0.717, 1.165) is 35.7 Å². The lowest BCUT2D eigenvalue weighted by Crippen LogP contribution is -2.38. The zero-order valence-corrected chi connectivity index (χ0v) is 20.8. The molecule has 0 spiro atoms. The number of nitrogens with one attached hydrogen (secondary N) is 1. The quantitative estimate of drug-likeness (QED) is 0.464. The number of carbonyl (C=O) groups excluding carboxylic acids is 2. The van der Waals surface area contributed by atoms with Gasteiger partial charge in [0.2, 0.25) is 17.6 Å². The average molecular weight is 510 g/mol. The molecule has 0 radical (unpaired) electrons. The number of aryl methyl sites for hydroxylation is 1. The Morgan fingerprint density at radius 2 is 1.73 bits per heavy atom. The molecule has 1 fully saturated rings. The first kappa shape index (κ1) is 26.1. The highest BCUT2D eigenvalue weighted by Crippen LogP contribution is 2.31. The van der Waals surface area contributed by atoms with E-state index in [1.54, 1.807) is 24.3 Å². The molecule has 1 saturated heterocycles. The number of hydrogen-bond donors (Lipinski definition) is 1. The Balaban J connectivity index is 1.28. The van der Waals surface area contributed by atoms with Crippen LogP contribution in [0.4, 0.5) is 14.5 Å². The zero-order chi connectivity index (χ0) is 26.4. The Hall–Kier alpha value is -4.01. The topological polar surface area (TPSA) is 80.8 Å². The van der Waals surface area contributed by atoms with Gasteiger partial charge in [0, 0.05) is 37.5 Å². The minimum absolute atomic E-state index is 0.0169. The number of nitrogens with zero attached hydrogens (tertiary/aromatic N) is 2. The molecule has 2 amide bonds. The third kappa shape index (κ3) is 6.22. The number of halogens is 2. The number of ether oxygens (including phenoxy) is 2. The van der Waals surface area contributed by atoms with Crippen LogP contribution in [0.15, 0.2) is 54.7 Å². The van der Waals surface area contributed by atoms with E-state index >= 15 is 0 Å². The number of amides is 2. The van der Waals surface area contributed by atoms with Crippen LogP contribution in [0.5, 0.6) is 11.6 Å². The smallest absolute Gasteiger partial charge is 0.257 e. The van der Waals surface area contributed by atoms with E-state index in [1.807, 2.05) is 30.3 Å². The van der Waals surface area contributed by atoms with E-state index in [2.05, 4.69) is 10.3 Å². The highest BCUT2D eigenvalue weighted by Gasteiger charge is 2.28. The highest BCUT2D eigenvalue weighted by molar-refractivity contribution is 5.97. The molecule has 2 aromatic carbocycles. The lowest BCUT2D eigenvalue weighted by molar-refractivity contribution is -0.116.